The number of hydrogen-bond donors (Lipinski definition) is 1. The summed E-state index contributed by atoms with van der Waals surface area (Å²) in [7, 11) is 0. The number of carboxylic acid groups (broad SMARTS) is 1. The summed E-state index contributed by atoms with van der Waals surface area (Å²) < 4.78 is 9.85. The molecule has 0 radical (unpaired) electrons. The molecule has 6 heteroatoms. The molecule has 0 aliphatic heterocycles. The Balaban J connectivity index is 2.40. The molecule has 0 aromatic carbocycles. The second-order valence-electron chi connectivity index (χ2n) is 3.15. The predicted octanol–water partition coefficient (Wildman–Crippen LogP) is 1.01. The zero-order valence-electron chi connectivity index (χ0n) is 8.77. The summed E-state index contributed by atoms with van der Waals surface area (Å²) in [6, 6.07) is 0. The number of nitrogens with zero attached hydrogens (tertiary/aromatic N) is 2. The molecular weight excluding hydrogens is 200 g/mol. The number of aryl methyl sites for hydroxylation is 1. The van der Waals surface area contributed by atoms with Crippen molar-refractivity contribution >= 4 is 5.97 Å². The number of hydrogen-bond acceptors (Lipinski definition) is 5. The molecule has 0 bridgehead atoms. The van der Waals surface area contributed by atoms with Crippen LogP contribution in [0.5, 0.6) is 0 Å². The van der Waals surface area contributed by atoms with Crippen molar-refractivity contribution in [2.75, 3.05) is 0 Å². The first-order valence-corrected chi connectivity index (χ1v) is 4.79. The molecule has 0 fully saturated rings. The van der Waals surface area contributed by atoms with Gasteiger partial charge in [-0.1, -0.05) is 12.1 Å². The minimum absolute atomic E-state index is 0.0319. The lowest BCUT2D eigenvalue weighted by atomic mass is 10.3. The summed E-state index contributed by atoms with van der Waals surface area (Å²) in [5.74, 6) is -0.0751. The van der Waals surface area contributed by atoms with E-state index in [1.807, 2.05) is 6.92 Å². The fraction of sp³-hybridized carbons (Fsp3) is 0.667. The molecule has 84 valence electrons. The molecule has 15 heavy (non-hydrogen) atoms. The minimum Gasteiger partial charge on any atom is -0.479 e. The van der Waals surface area contributed by atoms with Crippen LogP contribution in [0, 0.1) is 0 Å². The highest BCUT2D eigenvalue weighted by Gasteiger charge is 2.13. The van der Waals surface area contributed by atoms with Gasteiger partial charge >= 0.3 is 5.97 Å². The summed E-state index contributed by atoms with van der Waals surface area (Å²) in [5.41, 5.74) is 0. The van der Waals surface area contributed by atoms with Crippen molar-refractivity contribution in [1.82, 2.24) is 10.1 Å². The maximum absolute atomic E-state index is 10.4. The second kappa shape index (κ2) is 5.45. The molecule has 1 heterocycles. The average Bonchev–Trinajstić information content (AvgIpc) is 2.62. The Kier molecular flexibility index (Phi) is 4.23. The standard InChI is InChI=1S/C9H14N2O4/c1-3-4-7-10-8(15-11-7)5-14-6(2)9(12)13/h6H,3-5H2,1-2H3,(H,12,13). The Hall–Kier alpha value is -1.43. The first-order chi connectivity index (χ1) is 7.13. The van der Waals surface area contributed by atoms with Crippen LogP contribution in [-0.2, 0) is 22.6 Å². The van der Waals surface area contributed by atoms with E-state index in [-0.39, 0.29) is 6.61 Å². The second-order valence-corrected chi connectivity index (χ2v) is 3.15. The molecule has 1 aromatic heterocycles. The van der Waals surface area contributed by atoms with Gasteiger partial charge in [-0.3, -0.25) is 0 Å². The largest absolute Gasteiger partial charge is 0.479 e. The summed E-state index contributed by atoms with van der Waals surface area (Å²) in [6.07, 6.45) is 0.815. The van der Waals surface area contributed by atoms with E-state index < -0.39 is 12.1 Å². The van der Waals surface area contributed by atoms with Gasteiger partial charge in [0.05, 0.1) is 0 Å². The Bertz CT molecular complexity index is 324. The lowest BCUT2D eigenvalue weighted by Gasteiger charge is -2.04. The van der Waals surface area contributed by atoms with E-state index in [0.717, 1.165) is 12.8 Å². The molecule has 1 aromatic rings. The van der Waals surface area contributed by atoms with Gasteiger partial charge in [0.1, 0.15) is 6.61 Å². The van der Waals surface area contributed by atoms with Crippen LogP contribution in [0.4, 0.5) is 0 Å². The Morgan fingerprint density at radius 1 is 1.67 bits per heavy atom. The van der Waals surface area contributed by atoms with Crippen molar-refractivity contribution < 1.29 is 19.2 Å². The van der Waals surface area contributed by atoms with Crippen LogP contribution < -0.4 is 0 Å². The molecule has 0 aliphatic rings. The van der Waals surface area contributed by atoms with Gasteiger partial charge in [0.2, 0.25) is 0 Å². The molecule has 6 nitrogen and oxygen atoms in total. The van der Waals surface area contributed by atoms with Crippen LogP contribution in [0.15, 0.2) is 4.52 Å². The van der Waals surface area contributed by atoms with Crippen molar-refractivity contribution in [3.63, 3.8) is 0 Å². The Labute approximate surface area is 87.2 Å². The summed E-state index contributed by atoms with van der Waals surface area (Å²) >= 11 is 0. The molecule has 0 aliphatic carbocycles. The number of carbonyl (C=O) groups is 1. The van der Waals surface area contributed by atoms with Crippen molar-refractivity contribution in [2.45, 2.75) is 39.4 Å². The van der Waals surface area contributed by atoms with Gasteiger partial charge in [0, 0.05) is 6.42 Å². The zero-order valence-corrected chi connectivity index (χ0v) is 8.77. The number of carboxylic acids is 1. The third-order valence-corrected chi connectivity index (χ3v) is 1.79. The third kappa shape index (κ3) is 3.67. The van der Waals surface area contributed by atoms with E-state index in [4.69, 9.17) is 14.4 Å². The maximum Gasteiger partial charge on any atom is 0.332 e. The van der Waals surface area contributed by atoms with Gasteiger partial charge in [-0.05, 0) is 13.3 Å². The van der Waals surface area contributed by atoms with Crippen molar-refractivity contribution in [1.29, 1.82) is 0 Å². The summed E-state index contributed by atoms with van der Waals surface area (Å²) in [4.78, 5) is 14.5. The van der Waals surface area contributed by atoms with Crippen molar-refractivity contribution in [2.24, 2.45) is 0 Å². The summed E-state index contributed by atoms with van der Waals surface area (Å²) in [5, 5.41) is 12.3. The zero-order chi connectivity index (χ0) is 11.3. The topological polar surface area (TPSA) is 85.5 Å². The fourth-order valence-electron chi connectivity index (χ4n) is 0.941. The Morgan fingerprint density at radius 3 is 3.00 bits per heavy atom. The molecular formula is C9H14N2O4. The highest BCUT2D eigenvalue weighted by Crippen LogP contribution is 2.03. The van der Waals surface area contributed by atoms with Gasteiger partial charge in [0.25, 0.3) is 5.89 Å². The van der Waals surface area contributed by atoms with E-state index in [1.165, 1.54) is 6.92 Å². The van der Waals surface area contributed by atoms with Gasteiger partial charge in [-0.15, -0.1) is 0 Å². The fourth-order valence-corrected chi connectivity index (χ4v) is 0.941. The van der Waals surface area contributed by atoms with Gasteiger partial charge in [-0.25, -0.2) is 4.79 Å². The highest BCUT2D eigenvalue weighted by molar-refractivity contribution is 5.71. The normalized spacial score (nSPS) is 12.7. The van der Waals surface area contributed by atoms with Crippen LogP contribution in [-0.4, -0.2) is 27.3 Å². The van der Waals surface area contributed by atoms with Crippen molar-refractivity contribution in [3.8, 4) is 0 Å². The maximum atomic E-state index is 10.4. The van der Waals surface area contributed by atoms with Crippen LogP contribution in [0.1, 0.15) is 32.0 Å². The van der Waals surface area contributed by atoms with Gasteiger partial charge < -0.3 is 14.4 Å². The lowest BCUT2D eigenvalue weighted by molar-refractivity contribution is -0.150. The molecule has 1 N–H and O–H groups in total. The smallest absolute Gasteiger partial charge is 0.332 e. The van der Waals surface area contributed by atoms with Crippen LogP contribution in [0.25, 0.3) is 0 Å². The van der Waals surface area contributed by atoms with E-state index in [9.17, 15) is 4.79 Å². The summed E-state index contributed by atoms with van der Waals surface area (Å²) in [6.45, 7) is 3.49. The van der Waals surface area contributed by atoms with E-state index in [2.05, 4.69) is 10.1 Å². The molecule has 0 saturated carbocycles. The van der Waals surface area contributed by atoms with Crippen LogP contribution in [0.2, 0.25) is 0 Å². The average molecular weight is 214 g/mol. The molecule has 0 spiro atoms. The SMILES string of the molecule is CCCc1noc(COC(C)C(=O)O)n1. The number of rotatable bonds is 6. The molecule has 1 atom stereocenters. The third-order valence-electron chi connectivity index (χ3n) is 1.79. The number of ether oxygens (including phenoxy) is 1. The lowest BCUT2D eigenvalue weighted by Crippen LogP contribution is -2.19. The minimum atomic E-state index is -1.01. The predicted molar refractivity (Wildman–Crippen MR) is 50.2 cm³/mol. The molecule has 1 rings (SSSR count). The van der Waals surface area contributed by atoms with Crippen molar-refractivity contribution in [3.05, 3.63) is 11.7 Å². The highest BCUT2D eigenvalue weighted by atomic mass is 16.5. The van der Waals surface area contributed by atoms with Gasteiger partial charge in [0.15, 0.2) is 11.9 Å². The first-order valence-electron chi connectivity index (χ1n) is 4.79. The first kappa shape index (κ1) is 11.6. The van der Waals surface area contributed by atoms with E-state index in [0.29, 0.717) is 11.7 Å². The number of aromatic nitrogens is 2. The monoisotopic (exact) mass is 214 g/mol. The molecule has 0 amide bonds. The quantitative estimate of drug-likeness (QED) is 0.760. The Morgan fingerprint density at radius 2 is 2.40 bits per heavy atom. The number of aliphatic carboxylic acids is 1. The molecule has 0 saturated heterocycles. The van der Waals surface area contributed by atoms with Gasteiger partial charge in [-0.2, -0.15) is 4.98 Å². The van der Waals surface area contributed by atoms with E-state index >= 15 is 0 Å². The van der Waals surface area contributed by atoms with Crippen LogP contribution in [0.3, 0.4) is 0 Å². The molecule has 1 unspecified atom stereocenters. The van der Waals surface area contributed by atoms with Crippen LogP contribution >= 0.6 is 0 Å². The van der Waals surface area contributed by atoms with E-state index in [1.54, 1.807) is 0 Å².